The Hall–Kier alpha value is -0.960. The smallest absolute Gasteiger partial charge is 0.234 e. The first-order valence-electron chi connectivity index (χ1n) is 9.03. The van der Waals surface area contributed by atoms with E-state index >= 15 is 0 Å². The summed E-state index contributed by atoms with van der Waals surface area (Å²) in [6.45, 7) is 4.17. The van der Waals surface area contributed by atoms with Crippen LogP contribution in [0.2, 0.25) is 0 Å². The van der Waals surface area contributed by atoms with E-state index in [1.807, 2.05) is 23.9 Å². The maximum atomic E-state index is 12.4. The Bertz CT molecular complexity index is 589. The van der Waals surface area contributed by atoms with Crippen LogP contribution in [0.4, 0.5) is 5.69 Å². The summed E-state index contributed by atoms with van der Waals surface area (Å²) in [6, 6.07) is 6.12. The molecule has 0 saturated heterocycles. The molecule has 1 aromatic carbocycles. The Labute approximate surface area is 143 Å². The van der Waals surface area contributed by atoms with Gasteiger partial charge in [-0.3, -0.25) is 4.79 Å². The maximum absolute atomic E-state index is 12.4. The van der Waals surface area contributed by atoms with Gasteiger partial charge in [-0.1, -0.05) is 12.1 Å². The Morgan fingerprint density at radius 3 is 2.35 bits per heavy atom. The molecule has 0 spiro atoms. The molecule has 0 unspecified atom stereocenters. The number of carbonyl (C=O) groups is 1. The van der Waals surface area contributed by atoms with Crippen molar-refractivity contribution in [2.24, 2.45) is 17.8 Å². The lowest BCUT2D eigenvalue weighted by Gasteiger charge is -2.56. The summed E-state index contributed by atoms with van der Waals surface area (Å²) in [5.74, 6) is 3.64. The van der Waals surface area contributed by atoms with Gasteiger partial charge < -0.3 is 5.32 Å². The molecule has 5 rings (SSSR count). The molecule has 0 atom stereocenters. The number of amides is 1. The quantitative estimate of drug-likeness (QED) is 0.847. The van der Waals surface area contributed by atoms with E-state index in [0.717, 1.165) is 23.4 Å². The standard InChI is InChI=1S/C20H27NOS/c1-13-4-3-5-18(14(13)2)21-19(22)12-23-20-9-15-6-16(10-20)8-17(7-15)11-20/h3-5,15-17H,6-12H2,1-2H3,(H,21,22). The predicted octanol–water partition coefficient (Wildman–Crippen LogP) is 4.94. The average molecular weight is 330 g/mol. The first-order chi connectivity index (χ1) is 11.0. The van der Waals surface area contributed by atoms with E-state index in [-0.39, 0.29) is 5.91 Å². The van der Waals surface area contributed by atoms with E-state index in [2.05, 4.69) is 25.2 Å². The predicted molar refractivity (Wildman–Crippen MR) is 97.9 cm³/mol. The second-order valence-corrected chi connectivity index (χ2v) is 9.63. The van der Waals surface area contributed by atoms with E-state index < -0.39 is 0 Å². The lowest BCUT2D eigenvalue weighted by atomic mass is 9.56. The summed E-state index contributed by atoms with van der Waals surface area (Å²) < 4.78 is 0.424. The van der Waals surface area contributed by atoms with E-state index in [1.54, 1.807) is 0 Å². The minimum Gasteiger partial charge on any atom is -0.325 e. The van der Waals surface area contributed by atoms with E-state index in [9.17, 15) is 4.79 Å². The fraction of sp³-hybridized carbons (Fsp3) is 0.650. The molecular weight excluding hydrogens is 302 g/mol. The maximum Gasteiger partial charge on any atom is 0.234 e. The number of thioether (sulfide) groups is 1. The van der Waals surface area contributed by atoms with Crippen LogP contribution in [0.1, 0.15) is 49.7 Å². The van der Waals surface area contributed by atoms with Gasteiger partial charge in [0.15, 0.2) is 0 Å². The summed E-state index contributed by atoms with van der Waals surface area (Å²) in [5.41, 5.74) is 3.39. The molecule has 0 aromatic heterocycles. The van der Waals surface area contributed by atoms with Gasteiger partial charge in [0.1, 0.15) is 0 Å². The fourth-order valence-electron chi connectivity index (χ4n) is 5.50. The van der Waals surface area contributed by atoms with E-state index in [4.69, 9.17) is 0 Å². The van der Waals surface area contributed by atoms with Crippen molar-refractivity contribution in [3.8, 4) is 0 Å². The average Bonchev–Trinajstić information content (AvgIpc) is 2.49. The van der Waals surface area contributed by atoms with Crippen molar-refractivity contribution < 1.29 is 4.79 Å². The largest absolute Gasteiger partial charge is 0.325 e. The third kappa shape index (κ3) is 3.05. The van der Waals surface area contributed by atoms with Gasteiger partial charge in [-0.25, -0.2) is 0 Å². The summed E-state index contributed by atoms with van der Waals surface area (Å²) in [7, 11) is 0. The first-order valence-corrected chi connectivity index (χ1v) is 10.0. The van der Waals surface area contributed by atoms with Crippen molar-refractivity contribution in [3.63, 3.8) is 0 Å². The molecular formula is C20H27NOS. The summed E-state index contributed by atoms with van der Waals surface area (Å²) in [6.07, 6.45) is 8.48. The van der Waals surface area contributed by atoms with Gasteiger partial charge in [0, 0.05) is 10.4 Å². The third-order valence-electron chi connectivity index (χ3n) is 6.37. The van der Waals surface area contributed by atoms with Crippen LogP contribution in [0.15, 0.2) is 18.2 Å². The molecule has 1 aromatic rings. The van der Waals surface area contributed by atoms with Crippen molar-refractivity contribution in [1.29, 1.82) is 0 Å². The third-order valence-corrected chi connectivity index (χ3v) is 7.89. The van der Waals surface area contributed by atoms with Crippen LogP contribution < -0.4 is 5.32 Å². The summed E-state index contributed by atoms with van der Waals surface area (Å²) in [5, 5.41) is 3.12. The molecule has 1 N–H and O–H groups in total. The second-order valence-electron chi connectivity index (χ2n) is 8.18. The van der Waals surface area contributed by atoms with Crippen molar-refractivity contribution in [2.75, 3.05) is 11.1 Å². The number of carbonyl (C=O) groups excluding carboxylic acids is 1. The minimum atomic E-state index is 0.166. The zero-order valence-corrected chi connectivity index (χ0v) is 15.0. The highest BCUT2D eigenvalue weighted by atomic mass is 32.2. The van der Waals surface area contributed by atoms with E-state index in [1.165, 1.54) is 49.7 Å². The first kappa shape index (κ1) is 15.6. The molecule has 0 radical (unpaired) electrons. The molecule has 4 aliphatic carbocycles. The highest BCUT2D eigenvalue weighted by Gasteiger charge is 2.51. The van der Waals surface area contributed by atoms with Gasteiger partial charge >= 0.3 is 0 Å². The Morgan fingerprint density at radius 1 is 1.13 bits per heavy atom. The zero-order chi connectivity index (χ0) is 16.0. The highest BCUT2D eigenvalue weighted by molar-refractivity contribution is 8.01. The zero-order valence-electron chi connectivity index (χ0n) is 14.2. The number of aryl methyl sites for hydroxylation is 1. The number of nitrogens with one attached hydrogen (secondary N) is 1. The molecule has 0 heterocycles. The van der Waals surface area contributed by atoms with Crippen LogP contribution in [0, 0.1) is 31.6 Å². The van der Waals surface area contributed by atoms with Crippen LogP contribution in [0.25, 0.3) is 0 Å². The van der Waals surface area contributed by atoms with Crippen LogP contribution in [-0.2, 0) is 4.79 Å². The molecule has 4 saturated carbocycles. The van der Waals surface area contributed by atoms with Crippen molar-refractivity contribution in [1.82, 2.24) is 0 Å². The van der Waals surface area contributed by atoms with Crippen molar-refractivity contribution in [2.45, 2.75) is 57.1 Å². The van der Waals surface area contributed by atoms with Gasteiger partial charge in [0.2, 0.25) is 5.91 Å². The van der Waals surface area contributed by atoms with Crippen LogP contribution >= 0.6 is 11.8 Å². The summed E-state index contributed by atoms with van der Waals surface area (Å²) >= 11 is 1.96. The molecule has 2 nitrogen and oxygen atoms in total. The molecule has 4 fully saturated rings. The highest BCUT2D eigenvalue weighted by Crippen LogP contribution is 2.60. The molecule has 4 aliphatic rings. The Balaban J connectivity index is 1.37. The minimum absolute atomic E-state index is 0.166. The van der Waals surface area contributed by atoms with Gasteiger partial charge in [-0.15, -0.1) is 11.8 Å². The SMILES string of the molecule is Cc1cccc(NC(=O)CSC23CC4CC(CC(C4)C2)C3)c1C. The topological polar surface area (TPSA) is 29.1 Å². The lowest BCUT2D eigenvalue weighted by Crippen LogP contribution is -2.49. The molecule has 23 heavy (non-hydrogen) atoms. The fourth-order valence-corrected chi connectivity index (χ4v) is 7.07. The van der Waals surface area contributed by atoms with Gasteiger partial charge in [0.05, 0.1) is 5.75 Å². The van der Waals surface area contributed by atoms with E-state index in [0.29, 0.717) is 10.5 Å². The normalized spacial score (nSPS) is 34.6. The Kier molecular flexibility index (Phi) is 3.95. The monoisotopic (exact) mass is 329 g/mol. The molecule has 124 valence electrons. The summed E-state index contributed by atoms with van der Waals surface area (Å²) in [4.78, 5) is 12.4. The van der Waals surface area contributed by atoms with Crippen LogP contribution in [0.3, 0.4) is 0 Å². The van der Waals surface area contributed by atoms with Crippen LogP contribution in [-0.4, -0.2) is 16.4 Å². The van der Waals surface area contributed by atoms with Crippen molar-refractivity contribution >= 4 is 23.4 Å². The molecule has 3 heteroatoms. The van der Waals surface area contributed by atoms with Crippen LogP contribution in [0.5, 0.6) is 0 Å². The molecule has 1 amide bonds. The number of anilines is 1. The number of hydrogen-bond donors (Lipinski definition) is 1. The second kappa shape index (κ2) is 5.84. The Morgan fingerprint density at radius 2 is 1.74 bits per heavy atom. The number of rotatable bonds is 4. The molecule has 0 aliphatic heterocycles. The molecule has 4 bridgehead atoms. The van der Waals surface area contributed by atoms with Crippen molar-refractivity contribution in [3.05, 3.63) is 29.3 Å². The lowest BCUT2D eigenvalue weighted by molar-refractivity contribution is -0.113. The van der Waals surface area contributed by atoms with Gasteiger partial charge in [-0.2, -0.15) is 0 Å². The number of hydrogen-bond acceptors (Lipinski definition) is 2. The van der Waals surface area contributed by atoms with Gasteiger partial charge in [-0.05, 0) is 87.3 Å². The van der Waals surface area contributed by atoms with Gasteiger partial charge in [0.25, 0.3) is 0 Å². The number of benzene rings is 1.